The van der Waals surface area contributed by atoms with Crippen LogP contribution in [0.1, 0.15) is 42.3 Å². The van der Waals surface area contributed by atoms with Crippen molar-refractivity contribution in [3.8, 4) is 0 Å². The highest BCUT2D eigenvalue weighted by molar-refractivity contribution is 5.94. The van der Waals surface area contributed by atoms with Crippen molar-refractivity contribution in [3.63, 3.8) is 0 Å². The second-order valence-electron chi connectivity index (χ2n) is 9.97. The molecule has 3 aromatic rings. The smallest absolute Gasteiger partial charge is 0.310 e. The number of benzene rings is 2. The van der Waals surface area contributed by atoms with Crippen molar-refractivity contribution in [1.82, 2.24) is 19.6 Å². The highest BCUT2D eigenvalue weighted by Crippen LogP contribution is 2.21. The van der Waals surface area contributed by atoms with Gasteiger partial charge in [-0.25, -0.2) is 0 Å². The van der Waals surface area contributed by atoms with Crippen LogP contribution in [0.4, 0.5) is 0 Å². The number of carbonyl (C=O) groups excluding carboxylic acids is 3. The molecule has 1 aromatic heterocycles. The molecule has 0 N–H and O–H groups in total. The molecule has 0 atom stereocenters. The molecule has 1 fully saturated rings. The van der Waals surface area contributed by atoms with Crippen molar-refractivity contribution in [2.24, 2.45) is 0 Å². The van der Waals surface area contributed by atoms with E-state index >= 15 is 0 Å². The molecule has 184 valence electrons. The molecular formula is C27H32N4O4. The molecule has 0 bridgehead atoms. The van der Waals surface area contributed by atoms with Gasteiger partial charge >= 0.3 is 5.97 Å². The highest BCUT2D eigenvalue weighted by Gasteiger charge is 2.25. The zero-order valence-corrected chi connectivity index (χ0v) is 20.8. The summed E-state index contributed by atoms with van der Waals surface area (Å²) in [4.78, 5) is 41.4. The summed E-state index contributed by atoms with van der Waals surface area (Å²) in [5.41, 5.74) is 2.76. The second-order valence-corrected chi connectivity index (χ2v) is 9.97. The van der Waals surface area contributed by atoms with Gasteiger partial charge in [-0.3, -0.25) is 19.1 Å². The molecule has 0 spiro atoms. The molecule has 0 aliphatic carbocycles. The van der Waals surface area contributed by atoms with Crippen LogP contribution in [-0.2, 0) is 27.3 Å². The molecule has 2 heterocycles. The number of amides is 2. The molecule has 0 radical (unpaired) electrons. The molecule has 4 rings (SSSR count). The molecule has 8 nitrogen and oxygen atoms in total. The van der Waals surface area contributed by atoms with Crippen molar-refractivity contribution in [2.45, 2.75) is 46.3 Å². The normalized spacial score (nSPS) is 14.3. The number of ether oxygens (including phenoxy) is 1. The number of aryl methyl sites for hydroxylation is 1. The van der Waals surface area contributed by atoms with Crippen LogP contribution in [0.15, 0.2) is 48.7 Å². The molecule has 0 unspecified atom stereocenters. The van der Waals surface area contributed by atoms with Crippen LogP contribution < -0.4 is 0 Å². The lowest BCUT2D eigenvalue weighted by atomic mass is 10.0. The standard InChI is InChI=1S/C27H32N4O4/c1-19-14-23-22(15-21(19)16-25(33)35-27(2,3)4)17-31(28-23)18-24(32)29-10-12-30(13-11-29)26(34)20-8-6-5-7-9-20/h5-9,14-15,17H,10-13,16,18H2,1-4H3. The predicted molar refractivity (Wildman–Crippen MR) is 133 cm³/mol. The number of nitrogens with zero attached hydrogens (tertiary/aromatic N) is 4. The molecule has 1 saturated heterocycles. The van der Waals surface area contributed by atoms with Crippen molar-refractivity contribution in [3.05, 3.63) is 65.4 Å². The zero-order chi connectivity index (χ0) is 25.2. The van der Waals surface area contributed by atoms with E-state index in [9.17, 15) is 14.4 Å². The summed E-state index contributed by atoms with van der Waals surface area (Å²) in [6.45, 7) is 9.63. The van der Waals surface area contributed by atoms with Crippen molar-refractivity contribution < 1.29 is 19.1 Å². The zero-order valence-electron chi connectivity index (χ0n) is 20.8. The minimum atomic E-state index is -0.527. The Labute approximate surface area is 205 Å². The van der Waals surface area contributed by atoms with Crippen molar-refractivity contribution in [1.29, 1.82) is 0 Å². The van der Waals surface area contributed by atoms with Gasteiger partial charge in [0.1, 0.15) is 12.1 Å². The Bertz CT molecular complexity index is 1240. The van der Waals surface area contributed by atoms with E-state index in [1.54, 1.807) is 14.5 Å². The molecule has 1 aliphatic rings. The average Bonchev–Trinajstić information content (AvgIpc) is 3.19. The third-order valence-corrected chi connectivity index (χ3v) is 6.00. The number of hydrogen-bond acceptors (Lipinski definition) is 5. The van der Waals surface area contributed by atoms with Gasteiger partial charge in [-0.1, -0.05) is 18.2 Å². The summed E-state index contributed by atoms with van der Waals surface area (Å²) in [7, 11) is 0. The summed E-state index contributed by atoms with van der Waals surface area (Å²) in [5.74, 6) is -0.309. The van der Waals surface area contributed by atoms with Gasteiger partial charge in [-0.05, 0) is 63.1 Å². The second kappa shape index (κ2) is 9.90. The highest BCUT2D eigenvalue weighted by atomic mass is 16.6. The first-order chi connectivity index (χ1) is 16.6. The molecule has 2 aromatic carbocycles. The maximum absolute atomic E-state index is 12.9. The van der Waals surface area contributed by atoms with E-state index in [0.717, 1.165) is 22.0 Å². The summed E-state index contributed by atoms with van der Waals surface area (Å²) >= 11 is 0. The average molecular weight is 477 g/mol. The van der Waals surface area contributed by atoms with E-state index in [1.165, 1.54) is 0 Å². The Hall–Kier alpha value is -3.68. The Morgan fingerprint density at radius 1 is 0.971 bits per heavy atom. The van der Waals surface area contributed by atoms with Crippen LogP contribution >= 0.6 is 0 Å². The number of hydrogen-bond donors (Lipinski definition) is 0. The van der Waals surface area contributed by atoms with Crippen molar-refractivity contribution >= 4 is 28.7 Å². The quantitative estimate of drug-likeness (QED) is 0.528. The fourth-order valence-electron chi connectivity index (χ4n) is 4.24. The number of fused-ring (bicyclic) bond motifs is 1. The Morgan fingerprint density at radius 2 is 1.63 bits per heavy atom. The lowest BCUT2D eigenvalue weighted by Gasteiger charge is -2.34. The first kappa shape index (κ1) is 24.4. The van der Waals surface area contributed by atoms with Gasteiger partial charge in [0, 0.05) is 43.3 Å². The molecule has 0 saturated carbocycles. The fraction of sp³-hybridized carbons (Fsp3) is 0.407. The number of carbonyl (C=O) groups is 3. The molecule has 2 amide bonds. The maximum atomic E-state index is 12.9. The van der Waals surface area contributed by atoms with Gasteiger partial charge in [-0.15, -0.1) is 0 Å². The molecule has 1 aliphatic heterocycles. The minimum Gasteiger partial charge on any atom is -0.460 e. The maximum Gasteiger partial charge on any atom is 0.310 e. The third-order valence-electron chi connectivity index (χ3n) is 6.00. The topological polar surface area (TPSA) is 84.7 Å². The summed E-state index contributed by atoms with van der Waals surface area (Å²) in [6.07, 6.45) is 2.02. The molecule has 8 heteroatoms. The van der Waals surface area contributed by atoms with E-state index in [1.807, 2.05) is 76.4 Å². The van der Waals surface area contributed by atoms with Crippen LogP contribution in [0.25, 0.3) is 10.9 Å². The lowest BCUT2D eigenvalue weighted by molar-refractivity contribution is -0.153. The van der Waals surface area contributed by atoms with Gasteiger partial charge in [-0.2, -0.15) is 5.10 Å². The first-order valence-electron chi connectivity index (χ1n) is 11.9. The molecular weight excluding hydrogens is 444 g/mol. The Morgan fingerprint density at radius 3 is 2.29 bits per heavy atom. The van der Waals surface area contributed by atoms with Gasteiger partial charge in [0.15, 0.2) is 0 Å². The minimum absolute atomic E-state index is 0.00594. The third kappa shape index (κ3) is 6.07. The van der Waals surface area contributed by atoms with E-state index in [4.69, 9.17) is 4.74 Å². The Kier molecular flexibility index (Phi) is 6.91. The van der Waals surface area contributed by atoms with Gasteiger partial charge in [0.05, 0.1) is 11.9 Å². The predicted octanol–water partition coefficient (Wildman–Crippen LogP) is 3.21. The van der Waals surface area contributed by atoms with Crippen molar-refractivity contribution in [2.75, 3.05) is 26.2 Å². The van der Waals surface area contributed by atoms with E-state index < -0.39 is 5.60 Å². The van der Waals surface area contributed by atoms with Gasteiger partial charge < -0.3 is 14.5 Å². The lowest BCUT2D eigenvalue weighted by Crippen LogP contribution is -2.51. The fourth-order valence-corrected chi connectivity index (χ4v) is 4.24. The number of esters is 1. The van der Waals surface area contributed by atoms with Crippen LogP contribution in [0.3, 0.4) is 0 Å². The van der Waals surface area contributed by atoms with Gasteiger partial charge in [0.2, 0.25) is 5.91 Å². The first-order valence-corrected chi connectivity index (χ1v) is 11.9. The summed E-state index contributed by atoms with van der Waals surface area (Å²) in [6, 6.07) is 13.1. The van der Waals surface area contributed by atoms with Crippen LogP contribution in [0.5, 0.6) is 0 Å². The van der Waals surface area contributed by atoms with E-state index in [0.29, 0.717) is 31.7 Å². The van der Waals surface area contributed by atoms with E-state index in [-0.39, 0.29) is 30.7 Å². The van der Waals surface area contributed by atoms with Crippen LogP contribution in [0, 0.1) is 6.92 Å². The SMILES string of the molecule is Cc1cc2nn(CC(=O)N3CCN(C(=O)c4ccccc4)CC3)cc2cc1CC(=O)OC(C)(C)C. The largest absolute Gasteiger partial charge is 0.460 e. The van der Waals surface area contributed by atoms with E-state index in [2.05, 4.69) is 5.10 Å². The number of rotatable bonds is 5. The summed E-state index contributed by atoms with van der Waals surface area (Å²) < 4.78 is 7.09. The van der Waals surface area contributed by atoms with Crippen LogP contribution in [-0.4, -0.2) is 69.1 Å². The Balaban J connectivity index is 1.37. The molecule has 35 heavy (non-hydrogen) atoms. The van der Waals surface area contributed by atoms with Gasteiger partial charge in [0.25, 0.3) is 5.91 Å². The van der Waals surface area contributed by atoms with Crippen LogP contribution in [0.2, 0.25) is 0 Å². The number of piperazine rings is 1. The summed E-state index contributed by atoms with van der Waals surface area (Å²) in [5, 5.41) is 5.43. The number of aromatic nitrogens is 2. The monoisotopic (exact) mass is 476 g/mol.